The second-order valence-electron chi connectivity index (χ2n) is 10.2. The standard InChI is InChI=1S/C30H45NO9/c1-17(11-12-22-21(5)24(34)28(37-6)29(31-22)38-7)9-8-10-18(2)15-20(4)27(19(3)13-14-32)40-30-26(36)25(35)23(33)16-39-30/h8,10-11,13,15,20,23,25-27,30,32-33,35-36H,9,12,14,16H2,1-7H3,(H,31,34)/t20-,23+,25-,26+,27+,30+/m1/s1. The summed E-state index contributed by atoms with van der Waals surface area (Å²) in [5.41, 5.74) is 4.03. The minimum atomic E-state index is -1.40. The van der Waals surface area contributed by atoms with Crippen molar-refractivity contribution in [3.63, 3.8) is 0 Å². The van der Waals surface area contributed by atoms with E-state index in [1.807, 2.05) is 45.9 Å². The molecule has 0 radical (unpaired) electrons. The predicted molar refractivity (Wildman–Crippen MR) is 153 cm³/mol. The summed E-state index contributed by atoms with van der Waals surface area (Å²) in [5, 5.41) is 39.4. The van der Waals surface area contributed by atoms with E-state index in [1.165, 1.54) is 14.2 Å². The number of aliphatic hydroxyl groups is 4. The number of aromatic amines is 1. The van der Waals surface area contributed by atoms with Crippen molar-refractivity contribution in [2.45, 2.75) is 78.2 Å². The van der Waals surface area contributed by atoms with Crippen molar-refractivity contribution in [1.82, 2.24) is 4.98 Å². The van der Waals surface area contributed by atoms with Crippen LogP contribution in [0.2, 0.25) is 0 Å². The van der Waals surface area contributed by atoms with Crippen molar-refractivity contribution in [3.8, 4) is 11.6 Å². The lowest BCUT2D eigenvalue weighted by atomic mass is 9.95. The molecule has 1 aromatic rings. The van der Waals surface area contributed by atoms with E-state index in [4.69, 9.17) is 18.9 Å². The smallest absolute Gasteiger partial charge is 0.238 e. The Bertz CT molecular complexity index is 1150. The zero-order valence-corrected chi connectivity index (χ0v) is 24.5. The molecule has 1 saturated heterocycles. The van der Waals surface area contributed by atoms with Gasteiger partial charge in [0.25, 0.3) is 0 Å². The summed E-state index contributed by atoms with van der Waals surface area (Å²) in [6.07, 6.45) is 5.41. The number of methoxy groups -OCH3 is 2. The van der Waals surface area contributed by atoms with Gasteiger partial charge in [-0.05, 0) is 39.7 Å². The maximum absolute atomic E-state index is 12.5. The molecule has 0 saturated carbocycles. The fourth-order valence-electron chi connectivity index (χ4n) is 4.53. The number of ether oxygens (including phenoxy) is 4. The Morgan fingerprint density at radius 1 is 1.12 bits per heavy atom. The molecular formula is C30H45NO9. The average molecular weight is 564 g/mol. The Labute approximate surface area is 236 Å². The minimum Gasteiger partial charge on any atom is -0.488 e. The van der Waals surface area contributed by atoms with Gasteiger partial charge >= 0.3 is 0 Å². The molecule has 0 aliphatic carbocycles. The Kier molecular flexibility index (Phi) is 13.3. The molecule has 224 valence electrons. The lowest BCUT2D eigenvalue weighted by Crippen LogP contribution is -2.54. The second-order valence-corrected chi connectivity index (χ2v) is 10.2. The highest BCUT2D eigenvalue weighted by atomic mass is 16.7. The fraction of sp³-hybridized carbons (Fsp3) is 0.567. The van der Waals surface area contributed by atoms with E-state index in [9.17, 15) is 25.2 Å². The topological polar surface area (TPSA) is 151 Å². The second kappa shape index (κ2) is 15.9. The van der Waals surface area contributed by atoms with Crippen LogP contribution < -0.4 is 14.9 Å². The van der Waals surface area contributed by atoms with Crippen LogP contribution in [0.15, 0.2) is 51.9 Å². The molecule has 6 atom stereocenters. The van der Waals surface area contributed by atoms with Gasteiger partial charge in [0.1, 0.15) is 18.3 Å². The first-order chi connectivity index (χ1) is 18.9. The number of allylic oxidation sites excluding steroid dienone is 5. The number of hydrogen-bond donors (Lipinski definition) is 5. The zero-order chi connectivity index (χ0) is 30.0. The van der Waals surface area contributed by atoms with Crippen LogP contribution in [-0.4, -0.2) is 83.5 Å². The molecule has 1 aliphatic heterocycles. The van der Waals surface area contributed by atoms with Crippen LogP contribution in [0.25, 0.3) is 0 Å². The number of aromatic nitrogens is 1. The van der Waals surface area contributed by atoms with Crippen LogP contribution in [0.5, 0.6) is 11.6 Å². The molecule has 2 rings (SSSR count). The largest absolute Gasteiger partial charge is 0.488 e. The lowest BCUT2D eigenvalue weighted by Gasteiger charge is -2.38. The van der Waals surface area contributed by atoms with Gasteiger partial charge in [-0.1, -0.05) is 48.5 Å². The van der Waals surface area contributed by atoms with Crippen molar-refractivity contribution in [3.05, 3.63) is 68.6 Å². The summed E-state index contributed by atoms with van der Waals surface area (Å²) < 4.78 is 21.9. The summed E-state index contributed by atoms with van der Waals surface area (Å²) in [6.45, 7) is 9.20. The molecule has 0 bridgehead atoms. The van der Waals surface area contributed by atoms with Crippen LogP contribution in [0.1, 0.15) is 45.4 Å². The Morgan fingerprint density at radius 3 is 2.45 bits per heavy atom. The molecule has 0 spiro atoms. The van der Waals surface area contributed by atoms with E-state index in [0.29, 0.717) is 24.3 Å². The third-order valence-corrected chi connectivity index (χ3v) is 6.95. The molecule has 0 amide bonds. The van der Waals surface area contributed by atoms with Crippen LogP contribution in [-0.2, 0) is 15.9 Å². The van der Waals surface area contributed by atoms with Gasteiger partial charge in [0, 0.05) is 23.6 Å². The number of nitrogens with one attached hydrogen (secondary N) is 1. The number of aliphatic hydroxyl groups excluding tert-OH is 4. The first-order valence-corrected chi connectivity index (χ1v) is 13.4. The van der Waals surface area contributed by atoms with Gasteiger partial charge in [-0.3, -0.25) is 4.79 Å². The maximum atomic E-state index is 12.5. The van der Waals surface area contributed by atoms with Gasteiger partial charge in [0.2, 0.25) is 17.1 Å². The Hall–Kier alpha value is -2.73. The molecule has 1 aliphatic rings. The van der Waals surface area contributed by atoms with Gasteiger partial charge < -0.3 is 44.4 Å². The third kappa shape index (κ3) is 8.89. The van der Waals surface area contributed by atoms with Crippen LogP contribution in [0, 0.1) is 12.8 Å². The molecule has 0 unspecified atom stereocenters. The van der Waals surface area contributed by atoms with E-state index < -0.39 is 30.7 Å². The van der Waals surface area contributed by atoms with E-state index in [0.717, 1.165) is 22.4 Å². The van der Waals surface area contributed by atoms with E-state index >= 15 is 0 Å². The summed E-state index contributed by atoms with van der Waals surface area (Å²) in [4.78, 5) is 15.7. The highest BCUT2D eigenvalue weighted by Gasteiger charge is 2.40. The highest BCUT2D eigenvalue weighted by molar-refractivity contribution is 5.40. The van der Waals surface area contributed by atoms with Gasteiger partial charge in [-0.15, -0.1) is 0 Å². The fourth-order valence-corrected chi connectivity index (χ4v) is 4.53. The first kappa shape index (κ1) is 33.5. The van der Waals surface area contributed by atoms with E-state index in [2.05, 4.69) is 11.1 Å². The van der Waals surface area contributed by atoms with Crippen molar-refractivity contribution in [2.75, 3.05) is 27.4 Å². The van der Waals surface area contributed by atoms with Gasteiger partial charge in [0.05, 0.1) is 33.5 Å². The van der Waals surface area contributed by atoms with Gasteiger partial charge in [-0.2, -0.15) is 0 Å². The van der Waals surface area contributed by atoms with Crippen molar-refractivity contribution in [2.24, 2.45) is 5.92 Å². The van der Waals surface area contributed by atoms with Gasteiger partial charge in [0.15, 0.2) is 6.29 Å². The van der Waals surface area contributed by atoms with Crippen molar-refractivity contribution in [1.29, 1.82) is 0 Å². The molecule has 0 aromatic carbocycles. The molecule has 1 aromatic heterocycles. The quantitative estimate of drug-likeness (QED) is 0.180. The number of H-pyrrole nitrogens is 1. The molecule has 1 fully saturated rings. The summed E-state index contributed by atoms with van der Waals surface area (Å²) in [6, 6.07) is 0. The highest BCUT2D eigenvalue weighted by Crippen LogP contribution is 2.26. The molecule has 2 heterocycles. The predicted octanol–water partition coefficient (Wildman–Crippen LogP) is 2.48. The number of rotatable bonds is 13. The van der Waals surface area contributed by atoms with Crippen LogP contribution >= 0.6 is 0 Å². The molecule has 40 heavy (non-hydrogen) atoms. The summed E-state index contributed by atoms with van der Waals surface area (Å²) in [7, 11) is 2.92. The molecular weight excluding hydrogens is 518 g/mol. The van der Waals surface area contributed by atoms with Crippen LogP contribution in [0.3, 0.4) is 0 Å². The van der Waals surface area contributed by atoms with Crippen molar-refractivity contribution >= 4 is 0 Å². The molecule has 5 N–H and O–H groups in total. The average Bonchev–Trinajstić information content (AvgIpc) is 2.91. The van der Waals surface area contributed by atoms with Gasteiger partial charge in [-0.25, -0.2) is 0 Å². The SMILES string of the molecule is COc1[nH]c(CC=C(C)CC=CC(C)=C[C@@H](C)[C@@H](O[C@@H]2OC[C@H](O)[C@@H](O)[C@@H]2O)C(C)=CCO)c(C)c(=O)c1OC. The van der Waals surface area contributed by atoms with Crippen molar-refractivity contribution < 1.29 is 39.4 Å². The first-order valence-electron chi connectivity index (χ1n) is 13.4. The van der Waals surface area contributed by atoms with Crippen LogP contribution in [0.4, 0.5) is 0 Å². The summed E-state index contributed by atoms with van der Waals surface area (Å²) in [5.74, 6) is 0.310. The maximum Gasteiger partial charge on any atom is 0.238 e. The molecule has 10 nitrogen and oxygen atoms in total. The Morgan fingerprint density at radius 2 is 1.82 bits per heavy atom. The van der Waals surface area contributed by atoms with E-state index in [1.54, 1.807) is 13.0 Å². The zero-order valence-electron chi connectivity index (χ0n) is 24.5. The molecule has 10 heteroatoms. The monoisotopic (exact) mass is 563 g/mol. The summed E-state index contributed by atoms with van der Waals surface area (Å²) >= 11 is 0. The minimum absolute atomic E-state index is 0.154. The number of pyridine rings is 1. The normalized spacial score (nSPS) is 24.3. The Balaban J connectivity index is 2.08. The van der Waals surface area contributed by atoms with E-state index in [-0.39, 0.29) is 30.3 Å². The number of hydrogen-bond acceptors (Lipinski definition) is 9. The lowest BCUT2D eigenvalue weighted by molar-refractivity contribution is -0.281. The third-order valence-electron chi connectivity index (χ3n) is 6.95.